The Morgan fingerprint density at radius 1 is 0.681 bits per heavy atom. The first-order valence-corrected chi connectivity index (χ1v) is 16.8. The topological polar surface area (TPSA) is 26.0 Å². The van der Waals surface area contributed by atoms with Gasteiger partial charge in [-0.25, -0.2) is 0 Å². The van der Waals surface area contributed by atoms with Crippen molar-refractivity contribution in [1.29, 1.82) is 0 Å². The summed E-state index contributed by atoms with van der Waals surface area (Å²) in [4.78, 5) is 0. The highest BCUT2D eigenvalue weighted by molar-refractivity contribution is 6.19. The molecule has 0 heterocycles. The molecule has 0 bridgehead atoms. The first-order chi connectivity index (χ1) is 23.1. The van der Waals surface area contributed by atoms with Crippen molar-refractivity contribution in [2.24, 2.45) is 17.6 Å². The van der Waals surface area contributed by atoms with Gasteiger partial charge in [-0.3, -0.25) is 0 Å². The summed E-state index contributed by atoms with van der Waals surface area (Å²) in [7, 11) is 0. The van der Waals surface area contributed by atoms with Crippen LogP contribution in [0.3, 0.4) is 0 Å². The molecule has 3 unspecified atom stereocenters. The van der Waals surface area contributed by atoms with Gasteiger partial charge in [0, 0.05) is 17.5 Å². The van der Waals surface area contributed by atoms with Crippen LogP contribution in [-0.4, -0.2) is 0 Å². The van der Waals surface area contributed by atoms with Gasteiger partial charge < -0.3 is 5.73 Å². The van der Waals surface area contributed by atoms with Crippen molar-refractivity contribution in [3.8, 4) is 22.3 Å². The van der Waals surface area contributed by atoms with Crippen LogP contribution in [0.5, 0.6) is 0 Å². The molecule has 8 rings (SSSR count). The Hall–Kier alpha value is -5.40. The number of hydrogen-bond donors (Lipinski definition) is 1. The molecule has 2 N–H and O–H groups in total. The Balaban J connectivity index is 1.33. The Labute approximate surface area is 277 Å². The van der Waals surface area contributed by atoms with Gasteiger partial charge in [0.2, 0.25) is 0 Å². The minimum absolute atomic E-state index is 0.359. The predicted octanol–water partition coefficient (Wildman–Crippen LogP) is 12.1. The lowest BCUT2D eigenvalue weighted by Crippen LogP contribution is -2.19. The van der Waals surface area contributed by atoms with Gasteiger partial charge >= 0.3 is 0 Å². The summed E-state index contributed by atoms with van der Waals surface area (Å²) in [5, 5.41) is 7.83. The highest BCUT2D eigenvalue weighted by Gasteiger charge is 2.29. The molecule has 6 aromatic carbocycles. The van der Waals surface area contributed by atoms with E-state index in [2.05, 4.69) is 146 Å². The maximum absolute atomic E-state index is 6.45. The Bertz CT molecular complexity index is 2270. The maximum atomic E-state index is 6.45. The molecule has 1 heteroatoms. The third kappa shape index (κ3) is 5.13. The number of nitrogens with two attached hydrogens (primary N) is 1. The minimum Gasteiger partial charge on any atom is -0.398 e. The standard InChI is InChI=1S/C46H39N/c1-3-4-22-44(47)34-13-9-12-33(29-34)36-18-10-20-38-37(36)19-11-21-39(38)46-42-16-7-5-14-40(42)45(41-15-6-8-17-43(41)46)35-26-25-31-27-30(2)23-24-32(31)28-35/h3-27,29,31-32,35H,28,47H2,1-2H3/b4-3-,44-22-. The SMILES string of the molecule is C/C=C\C=C(/N)c1cccc(-c2cccc3c(-c4c5ccccc5c(C5C=CC6C=C(C)C=CC6C5)c5ccccc45)cccc23)c1. The summed E-state index contributed by atoms with van der Waals surface area (Å²) in [6.07, 6.45) is 19.2. The summed E-state index contributed by atoms with van der Waals surface area (Å²) < 4.78 is 0. The average molecular weight is 606 g/mol. The number of allylic oxidation sites excluding steroid dienone is 9. The first-order valence-electron chi connectivity index (χ1n) is 16.8. The van der Waals surface area contributed by atoms with Crippen LogP contribution in [0.25, 0.3) is 60.3 Å². The monoisotopic (exact) mass is 605 g/mol. The van der Waals surface area contributed by atoms with E-state index in [4.69, 9.17) is 5.73 Å². The van der Waals surface area contributed by atoms with Crippen LogP contribution in [0.15, 0.2) is 163 Å². The Morgan fingerprint density at radius 2 is 1.32 bits per heavy atom. The third-order valence-corrected chi connectivity index (χ3v) is 10.2. The fourth-order valence-corrected chi connectivity index (χ4v) is 7.96. The van der Waals surface area contributed by atoms with Crippen molar-refractivity contribution >= 4 is 38.0 Å². The van der Waals surface area contributed by atoms with Gasteiger partial charge in [0.1, 0.15) is 0 Å². The molecule has 47 heavy (non-hydrogen) atoms. The second kappa shape index (κ2) is 12.1. The van der Waals surface area contributed by atoms with Crippen molar-refractivity contribution in [2.75, 3.05) is 0 Å². The molecule has 0 aliphatic heterocycles. The lowest BCUT2D eigenvalue weighted by Gasteiger charge is -2.32. The fraction of sp³-hybridized carbons (Fsp3) is 0.130. The zero-order chi connectivity index (χ0) is 31.9. The van der Waals surface area contributed by atoms with E-state index >= 15 is 0 Å². The van der Waals surface area contributed by atoms with Crippen molar-refractivity contribution in [1.82, 2.24) is 0 Å². The van der Waals surface area contributed by atoms with E-state index < -0.39 is 0 Å². The molecule has 228 valence electrons. The number of fused-ring (bicyclic) bond motifs is 4. The number of benzene rings is 6. The number of rotatable bonds is 5. The van der Waals surface area contributed by atoms with Crippen molar-refractivity contribution < 1.29 is 0 Å². The lowest BCUT2D eigenvalue weighted by molar-refractivity contribution is 0.460. The minimum atomic E-state index is 0.359. The smallest absolute Gasteiger partial charge is 0.0387 e. The van der Waals surface area contributed by atoms with Gasteiger partial charge in [0.25, 0.3) is 0 Å². The Morgan fingerprint density at radius 3 is 2.04 bits per heavy atom. The zero-order valence-electron chi connectivity index (χ0n) is 27.0. The van der Waals surface area contributed by atoms with Gasteiger partial charge in [-0.2, -0.15) is 0 Å². The second-order valence-corrected chi connectivity index (χ2v) is 13.1. The average Bonchev–Trinajstić information content (AvgIpc) is 3.12. The highest BCUT2D eigenvalue weighted by atomic mass is 14.6. The molecule has 0 saturated heterocycles. The van der Waals surface area contributed by atoms with Crippen LogP contribution >= 0.6 is 0 Å². The van der Waals surface area contributed by atoms with Crippen LogP contribution in [0, 0.1) is 11.8 Å². The molecule has 0 aromatic heterocycles. The maximum Gasteiger partial charge on any atom is 0.0387 e. The van der Waals surface area contributed by atoms with Gasteiger partial charge in [0.05, 0.1) is 0 Å². The van der Waals surface area contributed by atoms with Crippen LogP contribution < -0.4 is 5.73 Å². The van der Waals surface area contributed by atoms with Gasteiger partial charge in [-0.05, 0) is 104 Å². The van der Waals surface area contributed by atoms with Gasteiger partial charge in [-0.15, -0.1) is 0 Å². The van der Waals surface area contributed by atoms with E-state index in [0.717, 1.165) is 23.2 Å². The molecule has 0 fully saturated rings. The van der Waals surface area contributed by atoms with E-state index in [1.54, 1.807) is 0 Å². The van der Waals surface area contributed by atoms with Crippen molar-refractivity contribution in [3.05, 3.63) is 175 Å². The van der Waals surface area contributed by atoms with Crippen molar-refractivity contribution in [2.45, 2.75) is 26.2 Å². The molecule has 1 nitrogen and oxygen atoms in total. The molecule has 6 aromatic rings. The van der Waals surface area contributed by atoms with Gasteiger partial charge in [-0.1, -0.05) is 151 Å². The largest absolute Gasteiger partial charge is 0.398 e. The summed E-state index contributed by atoms with van der Waals surface area (Å²) in [6.45, 7) is 4.21. The number of hydrogen-bond acceptors (Lipinski definition) is 1. The molecular formula is C46H39N. The van der Waals surface area contributed by atoms with Gasteiger partial charge in [0.15, 0.2) is 0 Å². The van der Waals surface area contributed by atoms with E-state index in [0.29, 0.717) is 17.8 Å². The third-order valence-electron chi connectivity index (χ3n) is 10.2. The molecule has 3 atom stereocenters. The van der Waals surface area contributed by atoms with E-state index in [-0.39, 0.29) is 0 Å². The highest BCUT2D eigenvalue weighted by Crippen LogP contribution is 2.48. The predicted molar refractivity (Wildman–Crippen MR) is 203 cm³/mol. The van der Waals surface area contributed by atoms with Crippen LogP contribution in [0.4, 0.5) is 0 Å². The molecule has 0 radical (unpaired) electrons. The van der Waals surface area contributed by atoms with E-state index in [9.17, 15) is 0 Å². The zero-order valence-corrected chi connectivity index (χ0v) is 27.0. The molecule has 0 amide bonds. The quantitative estimate of drug-likeness (QED) is 0.118. The van der Waals surface area contributed by atoms with Crippen LogP contribution in [-0.2, 0) is 0 Å². The van der Waals surface area contributed by atoms with E-state index in [1.165, 1.54) is 60.1 Å². The first kappa shape index (κ1) is 29.0. The van der Waals surface area contributed by atoms with E-state index in [1.807, 2.05) is 25.2 Å². The summed E-state index contributed by atoms with van der Waals surface area (Å²) in [5.41, 5.74) is 16.0. The summed E-state index contributed by atoms with van der Waals surface area (Å²) in [5.74, 6) is 1.39. The molecule has 0 saturated carbocycles. The molecule has 2 aliphatic carbocycles. The molecular weight excluding hydrogens is 567 g/mol. The van der Waals surface area contributed by atoms with Crippen molar-refractivity contribution in [3.63, 3.8) is 0 Å². The lowest BCUT2D eigenvalue weighted by atomic mass is 9.72. The van der Waals surface area contributed by atoms with Crippen LogP contribution in [0.1, 0.15) is 37.3 Å². The molecule has 0 spiro atoms. The normalized spacial score (nSPS) is 19.5. The summed E-state index contributed by atoms with van der Waals surface area (Å²) in [6, 6.07) is 40.2. The summed E-state index contributed by atoms with van der Waals surface area (Å²) >= 11 is 0. The molecule has 2 aliphatic rings. The Kier molecular flexibility index (Phi) is 7.46. The van der Waals surface area contributed by atoms with Crippen LogP contribution in [0.2, 0.25) is 0 Å². The fourth-order valence-electron chi connectivity index (χ4n) is 7.96. The second-order valence-electron chi connectivity index (χ2n) is 13.1.